The summed E-state index contributed by atoms with van der Waals surface area (Å²) < 4.78 is 0. The molecule has 74 valence electrons. The lowest BCUT2D eigenvalue weighted by molar-refractivity contribution is -0.108. The number of hydrogen-bond acceptors (Lipinski definition) is 4. The molecule has 0 aliphatic carbocycles. The first-order valence-electron chi connectivity index (χ1n) is 4.43. The van der Waals surface area contributed by atoms with Gasteiger partial charge in [0, 0.05) is 23.4 Å². The Morgan fingerprint density at radius 1 is 1.64 bits per heavy atom. The summed E-state index contributed by atoms with van der Waals surface area (Å²) in [5.41, 5.74) is 7.56. The Kier molecular flexibility index (Phi) is 2.37. The van der Waals surface area contributed by atoms with Crippen molar-refractivity contribution in [3.63, 3.8) is 0 Å². The van der Waals surface area contributed by atoms with E-state index in [9.17, 15) is 4.79 Å². The van der Waals surface area contributed by atoms with Crippen LogP contribution in [0.4, 0.5) is 11.4 Å². The van der Waals surface area contributed by atoms with E-state index >= 15 is 0 Å². The van der Waals surface area contributed by atoms with E-state index in [-0.39, 0.29) is 6.04 Å². The molecule has 0 aromatic heterocycles. The Morgan fingerprint density at radius 2 is 2.43 bits per heavy atom. The first-order chi connectivity index (χ1) is 6.72. The molecule has 2 N–H and O–H groups in total. The molecular formula is C10H12N2OS. The predicted molar refractivity (Wildman–Crippen MR) is 59.8 cm³/mol. The van der Waals surface area contributed by atoms with E-state index in [1.165, 1.54) is 0 Å². The molecule has 0 saturated carbocycles. The summed E-state index contributed by atoms with van der Waals surface area (Å²) in [6, 6.07) is 5.77. The second-order valence-electron chi connectivity index (χ2n) is 3.35. The Bertz CT molecular complexity index is 367. The zero-order chi connectivity index (χ0) is 10.1. The van der Waals surface area contributed by atoms with Crippen molar-refractivity contribution in [1.82, 2.24) is 0 Å². The summed E-state index contributed by atoms with van der Waals surface area (Å²) in [5.74, 6) is 0.802. The number of aldehydes is 1. The lowest BCUT2D eigenvalue weighted by Crippen LogP contribution is -2.37. The summed E-state index contributed by atoms with van der Waals surface area (Å²) in [6.45, 7) is 0. The van der Waals surface area contributed by atoms with Crippen molar-refractivity contribution in [2.45, 2.75) is 10.9 Å². The van der Waals surface area contributed by atoms with Gasteiger partial charge in [0.15, 0.2) is 0 Å². The zero-order valence-corrected chi connectivity index (χ0v) is 8.75. The van der Waals surface area contributed by atoms with E-state index in [2.05, 4.69) is 0 Å². The highest BCUT2D eigenvalue weighted by Crippen LogP contribution is 2.37. The van der Waals surface area contributed by atoms with Crippen LogP contribution >= 0.6 is 11.8 Å². The third-order valence-corrected chi connectivity index (χ3v) is 3.57. The molecule has 2 rings (SSSR count). The van der Waals surface area contributed by atoms with Crippen molar-refractivity contribution in [1.29, 1.82) is 0 Å². The number of rotatable bonds is 1. The number of nitrogens with two attached hydrogens (primary N) is 1. The van der Waals surface area contributed by atoms with Crippen LogP contribution in [0.5, 0.6) is 0 Å². The number of likely N-dealkylation sites (N-methyl/N-ethyl adjacent to an activating group) is 1. The van der Waals surface area contributed by atoms with Crippen LogP contribution in [0.25, 0.3) is 0 Å². The van der Waals surface area contributed by atoms with Gasteiger partial charge < -0.3 is 15.4 Å². The van der Waals surface area contributed by atoms with Crippen LogP contribution in [0.3, 0.4) is 0 Å². The first kappa shape index (κ1) is 9.40. The molecule has 0 spiro atoms. The molecule has 14 heavy (non-hydrogen) atoms. The number of hydrogen-bond donors (Lipinski definition) is 1. The van der Waals surface area contributed by atoms with Gasteiger partial charge in [-0.05, 0) is 18.2 Å². The third-order valence-electron chi connectivity index (χ3n) is 2.43. The summed E-state index contributed by atoms with van der Waals surface area (Å²) in [6.07, 6.45) is 0.992. The van der Waals surface area contributed by atoms with Crippen LogP contribution in [0.15, 0.2) is 23.1 Å². The molecule has 0 amide bonds. The average molecular weight is 208 g/mol. The fourth-order valence-electron chi connectivity index (χ4n) is 1.53. The predicted octanol–water partition coefficient (Wildman–Crippen LogP) is 1.38. The van der Waals surface area contributed by atoms with Crippen molar-refractivity contribution in [2.24, 2.45) is 0 Å². The van der Waals surface area contributed by atoms with E-state index < -0.39 is 0 Å². The highest BCUT2D eigenvalue weighted by molar-refractivity contribution is 7.99. The number of carbonyl (C=O) groups excluding carboxylic acids is 1. The van der Waals surface area contributed by atoms with Crippen LogP contribution in [-0.2, 0) is 4.79 Å². The second kappa shape index (κ2) is 3.53. The maximum Gasteiger partial charge on any atom is 0.143 e. The lowest BCUT2D eigenvalue weighted by atomic mass is 10.2. The van der Waals surface area contributed by atoms with Gasteiger partial charge in [-0.15, -0.1) is 11.8 Å². The summed E-state index contributed by atoms with van der Waals surface area (Å²) in [5, 5.41) is 0. The van der Waals surface area contributed by atoms with Crippen LogP contribution in [0, 0.1) is 0 Å². The van der Waals surface area contributed by atoms with Gasteiger partial charge in [0.05, 0.1) is 11.7 Å². The van der Waals surface area contributed by atoms with Crippen molar-refractivity contribution < 1.29 is 4.79 Å². The maximum absolute atomic E-state index is 10.8. The zero-order valence-electron chi connectivity index (χ0n) is 7.93. The van der Waals surface area contributed by atoms with E-state index in [1.54, 1.807) is 11.8 Å². The Labute approximate surface area is 87.3 Å². The molecule has 1 aliphatic heterocycles. The monoisotopic (exact) mass is 208 g/mol. The number of carbonyl (C=O) groups is 1. The van der Waals surface area contributed by atoms with Crippen molar-refractivity contribution in [3.05, 3.63) is 18.2 Å². The van der Waals surface area contributed by atoms with Gasteiger partial charge in [-0.2, -0.15) is 0 Å². The van der Waals surface area contributed by atoms with Gasteiger partial charge in [0.25, 0.3) is 0 Å². The van der Waals surface area contributed by atoms with Crippen LogP contribution in [0.2, 0.25) is 0 Å². The lowest BCUT2D eigenvalue weighted by Gasteiger charge is -2.32. The summed E-state index contributed by atoms with van der Waals surface area (Å²) in [7, 11) is 1.94. The normalized spacial score (nSPS) is 20.4. The number of anilines is 2. The molecular weight excluding hydrogens is 196 g/mol. The van der Waals surface area contributed by atoms with Crippen LogP contribution < -0.4 is 10.6 Å². The molecule has 1 aromatic rings. The van der Waals surface area contributed by atoms with Crippen molar-refractivity contribution >= 4 is 29.4 Å². The van der Waals surface area contributed by atoms with Gasteiger partial charge in [-0.1, -0.05) is 0 Å². The van der Waals surface area contributed by atoms with E-state index in [0.29, 0.717) is 0 Å². The number of benzene rings is 1. The third kappa shape index (κ3) is 1.46. The average Bonchev–Trinajstić information content (AvgIpc) is 2.18. The maximum atomic E-state index is 10.8. The van der Waals surface area contributed by atoms with E-state index in [1.807, 2.05) is 30.1 Å². The van der Waals surface area contributed by atoms with E-state index in [4.69, 9.17) is 5.73 Å². The SMILES string of the molecule is CN1c2ccc(N)cc2SCC1C=O. The van der Waals surface area contributed by atoms with Gasteiger partial charge in [0.1, 0.15) is 6.29 Å². The molecule has 1 aliphatic rings. The Hall–Kier alpha value is -1.16. The first-order valence-corrected chi connectivity index (χ1v) is 5.41. The largest absolute Gasteiger partial charge is 0.399 e. The van der Waals surface area contributed by atoms with Gasteiger partial charge >= 0.3 is 0 Å². The number of fused-ring (bicyclic) bond motifs is 1. The van der Waals surface area contributed by atoms with Gasteiger partial charge in [-0.25, -0.2) is 0 Å². The van der Waals surface area contributed by atoms with Crippen LogP contribution in [-0.4, -0.2) is 25.1 Å². The second-order valence-corrected chi connectivity index (χ2v) is 4.41. The molecule has 0 fully saturated rings. The molecule has 0 bridgehead atoms. The number of nitrogen functional groups attached to an aromatic ring is 1. The highest BCUT2D eigenvalue weighted by Gasteiger charge is 2.23. The number of nitrogens with zero attached hydrogens (tertiary/aromatic N) is 1. The highest BCUT2D eigenvalue weighted by atomic mass is 32.2. The molecule has 0 radical (unpaired) electrons. The fourth-order valence-corrected chi connectivity index (χ4v) is 2.77. The van der Waals surface area contributed by atoms with Gasteiger partial charge in [-0.3, -0.25) is 0 Å². The van der Waals surface area contributed by atoms with Crippen LogP contribution in [0.1, 0.15) is 0 Å². The smallest absolute Gasteiger partial charge is 0.143 e. The molecule has 1 aromatic carbocycles. The molecule has 3 nitrogen and oxygen atoms in total. The minimum absolute atomic E-state index is 0.0175. The van der Waals surface area contributed by atoms with Crippen molar-refractivity contribution in [3.8, 4) is 0 Å². The molecule has 0 saturated heterocycles. The molecule has 4 heteroatoms. The standard InChI is InChI=1S/C10H12N2OS/c1-12-8(5-13)6-14-10-4-7(11)2-3-9(10)12/h2-5,8H,6,11H2,1H3. The fraction of sp³-hybridized carbons (Fsp3) is 0.300. The minimum atomic E-state index is -0.0175. The van der Waals surface area contributed by atoms with Crippen molar-refractivity contribution in [2.75, 3.05) is 23.4 Å². The number of thioether (sulfide) groups is 1. The topological polar surface area (TPSA) is 46.3 Å². The quantitative estimate of drug-likeness (QED) is 0.559. The molecule has 1 atom stereocenters. The minimum Gasteiger partial charge on any atom is -0.399 e. The van der Waals surface area contributed by atoms with Gasteiger partial charge in [0.2, 0.25) is 0 Å². The van der Waals surface area contributed by atoms with E-state index in [0.717, 1.165) is 28.3 Å². The Balaban J connectivity index is 2.40. The Morgan fingerprint density at radius 3 is 3.14 bits per heavy atom. The molecule has 1 heterocycles. The summed E-state index contributed by atoms with van der Waals surface area (Å²) >= 11 is 1.69. The molecule has 1 unspecified atom stereocenters. The summed E-state index contributed by atoms with van der Waals surface area (Å²) in [4.78, 5) is 13.9.